The zero-order valence-electron chi connectivity index (χ0n) is 11.6. The van der Waals surface area contributed by atoms with Crippen LogP contribution in [0.15, 0.2) is 47.4 Å². The van der Waals surface area contributed by atoms with Gasteiger partial charge in [0.2, 0.25) is 0 Å². The number of aryl methyl sites for hydroxylation is 1. The molecule has 0 fully saturated rings. The maximum Gasteiger partial charge on any atom is 0.261 e. The van der Waals surface area contributed by atoms with E-state index in [4.69, 9.17) is 17.3 Å². The number of sulfonamides is 1. The highest BCUT2D eigenvalue weighted by molar-refractivity contribution is 7.92. The monoisotopic (exact) mass is 324 g/mol. The summed E-state index contributed by atoms with van der Waals surface area (Å²) in [6.45, 7) is 2.35. The lowest BCUT2D eigenvalue weighted by Gasteiger charge is -2.11. The third kappa shape index (κ3) is 3.97. The molecule has 4 nitrogen and oxygen atoms in total. The Bertz CT molecular complexity index is 728. The largest absolute Gasteiger partial charge is 0.330 e. The molecule has 2 aromatic rings. The molecule has 0 unspecified atom stereocenters. The second-order valence-electron chi connectivity index (χ2n) is 4.75. The van der Waals surface area contributed by atoms with Crippen LogP contribution in [0.25, 0.3) is 0 Å². The molecule has 0 spiro atoms. The van der Waals surface area contributed by atoms with Gasteiger partial charge >= 0.3 is 0 Å². The summed E-state index contributed by atoms with van der Waals surface area (Å²) in [6.07, 6.45) is 0.723. The third-order valence-electron chi connectivity index (χ3n) is 3.11. The molecule has 0 saturated heterocycles. The van der Waals surface area contributed by atoms with Gasteiger partial charge < -0.3 is 5.73 Å². The first-order valence-electron chi connectivity index (χ1n) is 6.50. The van der Waals surface area contributed by atoms with Crippen LogP contribution in [0.4, 0.5) is 5.69 Å². The van der Waals surface area contributed by atoms with E-state index in [-0.39, 0.29) is 4.90 Å². The van der Waals surface area contributed by atoms with Crippen LogP contribution in [-0.4, -0.2) is 15.0 Å². The summed E-state index contributed by atoms with van der Waals surface area (Å²) >= 11 is 5.90. The Hall–Kier alpha value is -1.56. The molecule has 0 radical (unpaired) electrons. The van der Waals surface area contributed by atoms with Crippen LogP contribution in [0.5, 0.6) is 0 Å². The number of anilines is 1. The summed E-state index contributed by atoms with van der Waals surface area (Å²) in [7, 11) is -3.62. The Morgan fingerprint density at radius 3 is 2.43 bits per heavy atom. The third-order valence-corrected chi connectivity index (χ3v) is 4.73. The van der Waals surface area contributed by atoms with Gasteiger partial charge in [0.1, 0.15) is 0 Å². The van der Waals surface area contributed by atoms with Crippen molar-refractivity contribution >= 4 is 27.3 Å². The Morgan fingerprint density at radius 2 is 1.81 bits per heavy atom. The van der Waals surface area contributed by atoms with Crippen LogP contribution in [-0.2, 0) is 16.4 Å². The summed E-state index contributed by atoms with van der Waals surface area (Å²) in [5, 5.41) is 0.483. The maximum atomic E-state index is 12.4. The molecular formula is C15H17ClN2O2S. The number of benzene rings is 2. The summed E-state index contributed by atoms with van der Waals surface area (Å²) in [4.78, 5) is 0.211. The van der Waals surface area contributed by atoms with Gasteiger partial charge in [0.25, 0.3) is 10.0 Å². The molecular weight excluding hydrogens is 308 g/mol. The van der Waals surface area contributed by atoms with E-state index in [9.17, 15) is 8.42 Å². The standard InChI is InChI=1S/C15H17ClN2O2S/c1-11-2-5-13(16)10-15(11)18-21(19,20)14-6-3-12(4-7-14)8-9-17/h2-7,10,18H,8-9,17H2,1H3. The zero-order valence-corrected chi connectivity index (χ0v) is 13.2. The Labute approximate surface area is 130 Å². The van der Waals surface area contributed by atoms with Gasteiger partial charge in [-0.25, -0.2) is 8.42 Å². The average molecular weight is 325 g/mol. The predicted molar refractivity (Wildman–Crippen MR) is 86.2 cm³/mol. The molecule has 3 N–H and O–H groups in total. The topological polar surface area (TPSA) is 72.2 Å². The lowest BCUT2D eigenvalue weighted by atomic mass is 10.2. The molecule has 0 aromatic heterocycles. The summed E-state index contributed by atoms with van der Waals surface area (Å²) in [5.74, 6) is 0. The lowest BCUT2D eigenvalue weighted by Crippen LogP contribution is -2.14. The first kappa shape index (κ1) is 15.8. The number of hydrogen-bond donors (Lipinski definition) is 2. The smallest absolute Gasteiger partial charge is 0.261 e. The van der Waals surface area contributed by atoms with Crippen LogP contribution in [0.3, 0.4) is 0 Å². The Morgan fingerprint density at radius 1 is 1.14 bits per heavy atom. The molecule has 21 heavy (non-hydrogen) atoms. The van der Waals surface area contributed by atoms with Crippen molar-refractivity contribution in [2.24, 2.45) is 5.73 Å². The minimum atomic E-state index is -3.62. The second kappa shape index (κ2) is 6.47. The van der Waals surface area contributed by atoms with Gasteiger partial charge in [-0.05, 0) is 55.3 Å². The minimum absolute atomic E-state index is 0.211. The van der Waals surface area contributed by atoms with Crippen LogP contribution < -0.4 is 10.5 Å². The highest BCUT2D eigenvalue weighted by atomic mass is 35.5. The number of halogens is 1. The Balaban J connectivity index is 2.27. The quantitative estimate of drug-likeness (QED) is 0.888. The number of hydrogen-bond acceptors (Lipinski definition) is 3. The van der Waals surface area contributed by atoms with E-state index in [2.05, 4.69) is 4.72 Å². The van der Waals surface area contributed by atoms with Gasteiger partial charge in [0.15, 0.2) is 0 Å². The highest BCUT2D eigenvalue weighted by Crippen LogP contribution is 2.23. The molecule has 0 bridgehead atoms. The molecule has 112 valence electrons. The van der Waals surface area contributed by atoms with Crippen molar-refractivity contribution in [2.75, 3.05) is 11.3 Å². The molecule has 6 heteroatoms. The normalized spacial score (nSPS) is 11.4. The predicted octanol–water partition coefficient (Wildman–Crippen LogP) is 2.95. The fourth-order valence-corrected chi connectivity index (χ4v) is 3.20. The zero-order chi connectivity index (χ0) is 15.5. The van der Waals surface area contributed by atoms with Crippen molar-refractivity contribution < 1.29 is 8.42 Å². The van der Waals surface area contributed by atoms with Crippen molar-refractivity contribution in [1.29, 1.82) is 0 Å². The highest BCUT2D eigenvalue weighted by Gasteiger charge is 2.15. The molecule has 0 aliphatic rings. The van der Waals surface area contributed by atoms with Crippen molar-refractivity contribution in [3.05, 3.63) is 58.6 Å². The minimum Gasteiger partial charge on any atom is -0.330 e. The Kier molecular flexibility index (Phi) is 4.88. The molecule has 2 rings (SSSR count). The molecule has 0 aliphatic heterocycles. The molecule has 0 saturated carbocycles. The first-order valence-corrected chi connectivity index (χ1v) is 8.36. The number of rotatable bonds is 5. The van der Waals surface area contributed by atoms with Gasteiger partial charge in [-0.2, -0.15) is 0 Å². The molecule has 0 aliphatic carbocycles. The van der Waals surface area contributed by atoms with Crippen molar-refractivity contribution in [2.45, 2.75) is 18.2 Å². The second-order valence-corrected chi connectivity index (χ2v) is 6.87. The van der Waals surface area contributed by atoms with Gasteiger partial charge in [-0.1, -0.05) is 29.8 Å². The van der Waals surface area contributed by atoms with Crippen molar-refractivity contribution in [1.82, 2.24) is 0 Å². The fraction of sp³-hybridized carbons (Fsp3) is 0.200. The molecule has 0 heterocycles. The van der Waals surface area contributed by atoms with Gasteiger partial charge in [0, 0.05) is 5.02 Å². The van der Waals surface area contributed by atoms with Crippen molar-refractivity contribution in [3.63, 3.8) is 0 Å². The van der Waals surface area contributed by atoms with E-state index < -0.39 is 10.0 Å². The van der Waals surface area contributed by atoms with Crippen molar-refractivity contribution in [3.8, 4) is 0 Å². The number of nitrogens with one attached hydrogen (secondary N) is 1. The molecule has 0 amide bonds. The van der Waals surface area contributed by atoms with E-state index in [1.165, 1.54) is 0 Å². The van der Waals surface area contributed by atoms with E-state index >= 15 is 0 Å². The van der Waals surface area contributed by atoms with Crippen LogP contribution in [0.1, 0.15) is 11.1 Å². The van der Waals surface area contributed by atoms with Crippen LogP contribution in [0.2, 0.25) is 5.02 Å². The van der Waals surface area contributed by atoms with E-state index in [1.54, 1.807) is 42.5 Å². The van der Waals surface area contributed by atoms with Gasteiger partial charge in [0.05, 0.1) is 10.6 Å². The summed E-state index contributed by atoms with van der Waals surface area (Å²) in [5.41, 5.74) is 7.77. The van der Waals surface area contributed by atoms with Gasteiger partial charge in [-0.15, -0.1) is 0 Å². The fourth-order valence-electron chi connectivity index (χ4n) is 1.91. The van der Waals surface area contributed by atoms with Gasteiger partial charge in [-0.3, -0.25) is 4.72 Å². The molecule has 2 aromatic carbocycles. The molecule has 0 atom stereocenters. The first-order chi connectivity index (χ1) is 9.92. The van der Waals surface area contributed by atoms with E-state index in [0.717, 1.165) is 17.5 Å². The summed E-state index contributed by atoms with van der Waals surface area (Å²) < 4.78 is 27.3. The van der Waals surface area contributed by atoms with E-state index in [0.29, 0.717) is 17.3 Å². The SMILES string of the molecule is Cc1ccc(Cl)cc1NS(=O)(=O)c1ccc(CCN)cc1. The van der Waals surface area contributed by atoms with Crippen LogP contribution >= 0.6 is 11.6 Å². The number of nitrogens with two attached hydrogens (primary N) is 1. The maximum absolute atomic E-state index is 12.4. The summed E-state index contributed by atoms with van der Waals surface area (Å²) in [6, 6.07) is 11.8. The van der Waals surface area contributed by atoms with Crippen LogP contribution in [0, 0.1) is 6.92 Å². The average Bonchev–Trinajstić information content (AvgIpc) is 2.44. The lowest BCUT2D eigenvalue weighted by molar-refractivity contribution is 0.601. The van der Waals surface area contributed by atoms with E-state index in [1.807, 2.05) is 6.92 Å².